The van der Waals surface area contributed by atoms with E-state index in [0.717, 1.165) is 32.4 Å². The Morgan fingerprint density at radius 1 is 1.36 bits per heavy atom. The summed E-state index contributed by atoms with van der Waals surface area (Å²) in [6.07, 6.45) is 5.76. The van der Waals surface area contributed by atoms with Crippen LogP contribution >= 0.6 is 0 Å². The molecule has 2 aromatic rings. The van der Waals surface area contributed by atoms with Gasteiger partial charge in [-0.2, -0.15) is 4.31 Å². The third-order valence-electron chi connectivity index (χ3n) is 4.16. The molecule has 1 aliphatic rings. The van der Waals surface area contributed by atoms with Crippen LogP contribution in [0.2, 0.25) is 0 Å². The first-order chi connectivity index (χ1) is 10.6. The van der Waals surface area contributed by atoms with E-state index in [1.165, 1.54) is 0 Å². The Morgan fingerprint density at radius 2 is 2.14 bits per heavy atom. The molecule has 0 bridgehead atoms. The van der Waals surface area contributed by atoms with E-state index in [1.54, 1.807) is 28.8 Å². The van der Waals surface area contributed by atoms with Gasteiger partial charge in [-0.1, -0.05) is 6.92 Å². The van der Waals surface area contributed by atoms with Crippen LogP contribution < -0.4 is 5.32 Å². The normalized spacial score (nSPS) is 17.4. The SMILES string of the molecule is CCCN(C1CCNCC1)S(=O)(=O)c1c[nH]c2ncccc12. The molecule has 3 rings (SSSR count). The highest BCUT2D eigenvalue weighted by Crippen LogP contribution is 2.27. The maximum atomic E-state index is 13.2. The molecule has 0 atom stereocenters. The molecule has 0 aliphatic carbocycles. The number of pyridine rings is 1. The molecule has 22 heavy (non-hydrogen) atoms. The minimum absolute atomic E-state index is 0.0767. The largest absolute Gasteiger partial charge is 0.345 e. The van der Waals surface area contributed by atoms with Crippen LogP contribution in [0.3, 0.4) is 0 Å². The van der Waals surface area contributed by atoms with Gasteiger partial charge in [-0.15, -0.1) is 0 Å². The summed E-state index contributed by atoms with van der Waals surface area (Å²) in [5.41, 5.74) is 0.614. The average molecular weight is 322 g/mol. The molecule has 2 N–H and O–H groups in total. The summed E-state index contributed by atoms with van der Waals surface area (Å²) in [6, 6.07) is 3.65. The molecule has 1 fully saturated rings. The van der Waals surface area contributed by atoms with Crippen molar-refractivity contribution in [1.29, 1.82) is 0 Å². The zero-order chi connectivity index (χ0) is 15.6. The molecule has 1 saturated heterocycles. The Bertz CT molecular complexity index is 735. The first-order valence-electron chi connectivity index (χ1n) is 7.79. The van der Waals surface area contributed by atoms with E-state index in [4.69, 9.17) is 0 Å². The third kappa shape index (κ3) is 2.76. The number of hydrogen-bond donors (Lipinski definition) is 2. The van der Waals surface area contributed by atoms with E-state index in [9.17, 15) is 8.42 Å². The second-order valence-electron chi connectivity index (χ2n) is 5.65. The van der Waals surface area contributed by atoms with Gasteiger partial charge >= 0.3 is 0 Å². The number of piperidine rings is 1. The Labute approximate surface area is 131 Å². The van der Waals surface area contributed by atoms with Gasteiger partial charge in [-0.3, -0.25) is 0 Å². The topological polar surface area (TPSA) is 78.1 Å². The number of fused-ring (bicyclic) bond motifs is 1. The van der Waals surface area contributed by atoms with Gasteiger partial charge in [-0.05, 0) is 44.5 Å². The van der Waals surface area contributed by atoms with Gasteiger partial charge in [0.1, 0.15) is 10.5 Å². The van der Waals surface area contributed by atoms with E-state index in [0.29, 0.717) is 22.5 Å². The van der Waals surface area contributed by atoms with Crippen molar-refractivity contribution in [2.45, 2.75) is 37.1 Å². The summed E-state index contributed by atoms with van der Waals surface area (Å²) in [5.74, 6) is 0. The quantitative estimate of drug-likeness (QED) is 0.878. The summed E-state index contributed by atoms with van der Waals surface area (Å²) < 4.78 is 28.0. The predicted molar refractivity (Wildman–Crippen MR) is 86.2 cm³/mol. The van der Waals surface area contributed by atoms with Crippen molar-refractivity contribution in [1.82, 2.24) is 19.6 Å². The Morgan fingerprint density at radius 3 is 2.86 bits per heavy atom. The lowest BCUT2D eigenvalue weighted by Crippen LogP contribution is -2.46. The molecule has 7 heteroatoms. The van der Waals surface area contributed by atoms with Crippen molar-refractivity contribution in [3.63, 3.8) is 0 Å². The minimum Gasteiger partial charge on any atom is -0.345 e. The van der Waals surface area contributed by atoms with Gasteiger partial charge in [-0.25, -0.2) is 13.4 Å². The van der Waals surface area contributed by atoms with E-state index >= 15 is 0 Å². The lowest BCUT2D eigenvalue weighted by atomic mass is 10.1. The predicted octanol–water partition coefficient (Wildman–Crippen LogP) is 1.72. The molecule has 0 radical (unpaired) electrons. The lowest BCUT2D eigenvalue weighted by molar-refractivity contribution is 0.262. The highest BCUT2D eigenvalue weighted by atomic mass is 32.2. The summed E-state index contributed by atoms with van der Waals surface area (Å²) in [7, 11) is -3.51. The number of rotatable bonds is 5. The Kier molecular flexibility index (Phi) is 4.46. The zero-order valence-electron chi connectivity index (χ0n) is 12.7. The highest BCUT2D eigenvalue weighted by Gasteiger charge is 2.33. The summed E-state index contributed by atoms with van der Waals surface area (Å²) >= 11 is 0. The van der Waals surface area contributed by atoms with Crippen LogP contribution in [-0.2, 0) is 10.0 Å². The maximum Gasteiger partial charge on any atom is 0.245 e. The standard InChI is InChI=1S/C15H22N4O2S/c1-2-10-19(12-5-8-16-9-6-12)22(20,21)14-11-18-15-13(14)4-3-7-17-15/h3-4,7,11-12,16H,2,5-6,8-10H2,1H3,(H,17,18). The second-order valence-corrected chi connectivity index (χ2v) is 7.51. The van der Waals surface area contributed by atoms with Crippen molar-refractivity contribution in [3.8, 4) is 0 Å². The first kappa shape index (κ1) is 15.5. The summed E-state index contributed by atoms with van der Waals surface area (Å²) in [5, 5.41) is 3.95. The molecule has 0 unspecified atom stereocenters. The van der Waals surface area contributed by atoms with E-state index in [1.807, 2.05) is 6.92 Å². The first-order valence-corrected chi connectivity index (χ1v) is 9.23. The van der Waals surface area contributed by atoms with Crippen molar-refractivity contribution in [3.05, 3.63) is 24.5 Å². The van der Waals surface area contributed by atoms with Gasteiger partial charge in [0, 0.05) is 30.4 Å². The lowest BCUT2D eigenvalue weighted by Gasteiger charge is -2.33. The van der Waals surface area contributed by atoms with Crippen molar-refractivity contribution >= 4 is 21.1 Å². The van der Waals surface area contributed by atoms with Crippen LogP contribution in [0.15, 0.2) is 29.4 Å². The molecule has 120 valence electrons. The molecule has 0 saturated carbocycles. The number of sulfonamides is 1. The van der Waals surface area contributed by atoms with Crippen LogP contribution in [0.1, 0.15) is 26.2 Å². The minimum atomic E-state index is -3.51. The molecule has 2 aromatic heterocycles. The van der Waals surface area contributed by atoms with Crippen LogP contribution in [0.25, 0.3) is 11.0 Å². The van der Waals surface area contributed by atoms with Crippen molar-refractivity contribution in [2.24, 2.45) is 0 Å². The fourth-order valence-electron chi connectivity index (χ4n) is 3.08. The second kappa shape index (κ2) is 6.36. The summed E-state index contributed by atoms with van der Waals surface area (Å²) in [4.78, 5) is 7.49. The number of H-pyrrole nitrogens is 1. The molecular formula is C15H22N4O2S. The molecule has 3 heterocycles. The Hall–Kier alpha value is -1.44. The van der Waals surface area contributed by atoms with Gasteiger partial charge in [0.25, 0.3) is 0 Å². The van der Waals surface area contributed by atoms with Crippen LogP contribution in [-0.4, -0.2) is 48.4 Å². The third-order valence-corrected chi connectivity index (χ3v) is 6.15. The number of aromatic amines is 1. The van der Waals surface area contributed by atoms with Crippen molar-refractivity contribution in [2.75, 3.05) is 19.6 Å². The van der Waals surface area contributed by atoms with E-state index < -0.39 is 10.0 Å². The molecular weight excluding hydrogens is 300 g/mol. The average Bonchev–Trinajstić information content (AvgIpc) is 2.98. The smallest absolute Gasteiger partial charge is 0.245 e. The fourth-order valence-corrected chi connectivity index (χ4v) is 5.01. The van der Waals surface area contributed by atoms with Crippen LogP contribution in [0, 0.1) is 0 Å². The summed E-state index contributed by atoms with van der Waals surface area (Å²) in [6.45, 7) is 4.31. The highest BCUT2D eigenvalue weighted by molar-refractivity contribution is 7.89. The number of hydrogen-bond acceptors (Lipinski definition) is 4. The molecule has 6 nitrogen and oxygen atoms in total. The molecule has 0 aromatic carbocycles. The van der Waals surface area contributed by atoms with E-state index in [2.05, 4.69) is 15.3 Å². The van der Waals surface area contributed by atoms with Gasteiger partial charge in [0.05, 0.1) is 0 Å². The van der Waals surface area contributed by atoms with Crippen LogP contribution in [0.4, 0.5) is 0 Å². The fraction of sp³-hybridized carbons (Fsp3) is 0.533. The molecule has 1 aliphatic heterocycles. The number of nitrogens with zero attached hydrogens (tertiary/aromatic N) is 2. The maximum absolute atomic E-state index is 13.2. The van der Waals surface area contributed by atoms with E-state index in [-0.39, 0.29) is 6.04 Å². The zero-order valence-corrected chi connectivity index (χ0v) is 13.6. The van der Waals surface area contributed by atoms with Crippen LogP contribution in [0.5, 0.6) is 0 Å². The van der Waals surface area contributed by atoms with Crippen molar-refractivity contribution < 1.29 is 8.42 Å². The number of aromatic nitrogens is 2. The number of nitrogens with one attached hydrogen (secondary N) is 2. The molecule has 0 spiro atoms. The monoisotopic (exact) mass is 322 g/mol. The Balaban J connectivity index is 2.01. The van der Waals surface area contributed by atoms with Gasteiger partial charge < -0.3 is 10.3 Å². The van der Waals surface area contributed by atoms with Gasteiger partial charge in [0.2, 0.25) is 10.0 Å². The van der Waals surface area contributed by atoms with Gasteiger partial charge in [0.15, 0.2) is 0 Å². The molecule has 0 amide bonds.